The van der Waals surface area contributed by atoms with Crippen molar-refractivity contribution in [3.8, 4) is 11.7 Å². The first-order valence-corrected chi connectivity index (χ1v) is 6.33. The van der Waals surface area contributed by atoms with Crippen molar-refractivity contribution in [2.24, 2.45) is 11.8 Å². The largest absolute Gasteiger partial charge is 0.366 e. The number of nitrogens with one attached hydrogen (secondary N) is 1. The molecule has 0 aromatic carbocycles. The molecule has 2 heterocycles. The van der Waals surface area contributed by atoms with Crippen LogP contribution in [-0.2, 0) is 0 Å². The fourth-order valence-corrected chi connectivity index (χ4v) is 2.55. The number of nitrogens with two attached hydrogens (primary N) is 1. The van der Waals surface area contributed by atoms with Gasteiger partial charge in [-0.15, -0.1) is 5.10 Å². The molecular formula is C11H14N6O. The van der Waals surface area contributed by atoms with Crippen LogP contribution in [0.3, 0.4) is 0 Å². The molecule has 3 N–H and O–H groups in total. The number of anilines is 1. The first-order valence-electron chi connectivity index (χ1n) is 6.33. The maximum Gasteiger partial charge on any atom is 0.295 e. The maximum absolute atomic E-state index is 5.46. The second-order valence-corrected chi connectivity index (χ2v) is 5.20. The Balaban J connectivity index is 1.64. The van der Waals surface area contributed by atoms with E-state index in [0.29, 0.717) is 17.6 Å². The van der Waals surface area contributed by atoms with Gasteiger partial charge in [0.1, 0.15) is 0 Å². The lowest BCUT2D eigenvalue weighted by Gasteiger charge is -2.08. The summed E-state index contributed by atoms with van der Waals surface area (Å²) in [7, 11) is 0. The first-order chi connectivity index (χ1) is 8.81. The molecule has 2 saturated carbocycles. The summed E-state index contributed by atoms with van der Waals surface area (Å²) in [6, 6.07) is 0. The lowest BCUT2D eigenvalue weighted by Crippen LogP contribution is -2.05. The number of rotatable bonds is 4. The van der Waals surface area contributed by atoms with Crippen LogP contribution in [0.2, 0.25) is 0 Å². The Kier molecular flexibility index (Phi) is 1.97. The normalized spacial score (nSPS) is 19.6. The van der Waals surface area contributed by atoms with Crippen molar-refractivity contribution in [1.82, 2.24) is 25.3 Å². The summed E-state index contributed by atoms with van der Waals surface area (Å²) in [5.74, 6) is 3.81. The van der Waals surface area contributed by atoms with Crippen LogP contribution in [0.5, 0.6) is 0 Å². The molecule has 2 aliphatic rings. The summed E-state index contributed by atoms with van der Waals surface area (Å²) in [4.78, 5) is 8.44. The van der Waals surface area contributed by atoms with Crippen LogP contribution in [0.4, 0.5) is 5.95 Å². The molecule has 2 aliphatic carbocycles. The standard InChI is InChI=1S/C11H14N6O/c12-11-14-9(15-16-11)10-13-8(17-18-10)7(5-1-2-5)6-3-4-6/h5-7H,1-4H2,(H3,12,14,15,16). The third kappa shape index (κ3) is 1.66. The zero-order valence-corrected chi connectivity index (χ0v) is 9.83. The van der Waals surface area contributed by atoms with Crippen molar-refractivity contribution >= 4 is 5.95 Å². The van der Waals surface area contributed by atoms with Crippen molar-refractivity contribution in [1.29, 1.82) is 0 Å². The average molecular weight is 246 g/mol. The van der Waals surface area contributed by atoms with Gasteiger partial charge in [-0.2, -0.15) is 9.97 Å². The van der Waals surface area contributed by atoms with E-state index in [-0.39, 0.29) is 5.95 Å². The second kappa shape index (κ2) is 3.54. The number of hydrogen-bond acceptors (Lipinski definition) is 6. The molecule has 7 nitrogen and oxygen atoms in total. The van der Waals surface area contributed by atoms with Gasteiger partial charge in [-0.25, -0.2) is 0 Å². The van der Waals surface area contributed by atoms with Gasteiger partial charge in [0.2, 0.25) is 11.8 Å². The molecule has 94 valence electrons. The number of aromatic nitrogens is 5. The van der Waals surface area contributed by atoms with Gasteiger partial charge in [0.05, 0.1) is 0 Å². The first kappa shape index (κ1) is 10.0. The van der Waals surface area contributed by atoms with Crippen LogP contribution in [0.25, 0.3) is 11.7 Å². The van der Waals surface area contributed by atoms with Gasteiger partial charge in [-0.05, 0) is 37.5 Å². The fraction of sp³-hybridized carbons (Fsp3) is 0.636. The minimum absolute atomic E-state index is 0.186. The van der Waals surface area contributed by atoms with E-state index in [1.165, 1.54) is 25.7 Å². The van der Waals surface area contributed by atoms with E-state index in [4.69, 9.17) is 10.3 Å². The van der Waals surface area contributed by atoms with E-state index in [0.717, 1.165) is 17.7 Å². The van der Waals surface area contributed by atoms with Gasteiger partial charge in [-0.3, -0.25) is 5.10 Å². The van der Waals surface area contributed by atoms with Crippen molar-refractivity contribution in [3.63, 3.8) is 0 Å². The van der Waals surface area contributed by atoms with E-state index in [9.17, 15) is 0 Å². The average Bonchev–Trinajstić information content (AvgIpc) is 3.26. The highest BCUT2D eigenvalue weighted by molar-refractivity contribution is 5.41. The molecule has 0 unspecified atom stereocenters. The fourth-order valence-electron chi connectivity index (χ4n) is 2.55. The quantitative estimate of drug-likeness (QED) is 0.843. The monoisotopic (exact) mass is 246 g/mol. The number of aromatic amines is 1. The maximum atomic E-state index is 5.46. The highest BCUT2D eigenvalue weighted by Gasteiger charge is 2.44. The Labute approximate surface area is 103 Å². The van der Waals surface area contributed by atoms with E-state index >= 15 is 0 Å². The van der Waals surface area contributed by atoms with Crippen molar-refractivity contribution in [3.05, 3.63) is 5.82 Å². The molecule has 0 atom stereocenters. The van der Waals surface area contributed by atoms with Gasteiger partial charge in [0.15, 0.2) is 5.82 Å². The van der Waals surface area contributed by atoms with Crippen LogP contribution < -0.4 is 5.73 Å². The van der Waals surface area contributed by atoms with Crippen LogP contribution in [-0.4, -0.2) is 25.3 Å². The van der Waals surface area contributed by atoms with Gasteiger partial charge >= 0.3 is 0 Å². The SMILES string of the molecule is Nc1n[nH]c(-c2nc(C(C3CC3)C3CC3)no2)n1. The summed E-state index contributed by atoms with van der Waals surface area (Å²) in [5, 5.41) is 10.5. The summed E-state index contributed by atoms with van der Waals surface area (Å²) < 4.78 is 5.25. The predicted octanol–water partition coefficient (Wildman–Crippen LogP) is 1.34. The summed E-state index contributed by atoms with van der Waals surface area (Å²) in [5.41, 5.74) is 5.46. The highest BCUT2D eigenvalue weighted by Crippen LogP contribution is 2.53. The smallest absolute Gasteiger partial charge is 0.295 e. The lowest BCUT2D eigenvalue weighted by atomic mass is 9.97. The molecule has 2 aromatic rings. The van der Waals surface area contributed by atoms with E-state index in [1.54, 1.807) is 0 Å². The zero-order chi connectivity index (χ0) is 12.1. The van der Waals surface area contributed by atoms with Crippen LogP contribution in [0.15, 0.2) is 4.52 Å². The van der Waals surface area contributed by atoms with Crippen LogP contribution in [0, 0.1) is 11.8 Å². The Hall–Kier alpha value is -1.92. The molecule has 0 aliphatic heterocycles. The van der Waals surface area contributed by atoms with Gasteiger partial charge in [-0.1, -0.05) is 5.16 Å². The topological polar surface area (TPSA) is 107 Å². The third-order valence-corrected chi connectivity index (χ3v) is 3.70. The predicted molar refractivity (Wildman–Crippen MR) is 62.3 cm³/mol. The van der Waals surface area contributed by atoms with Crippen LogP contribution in [0.1, 0.15) is 37.4 Å². The third-order valence-electron chi connectivity index (χ3n) is 3.70. The van der Waals surface area contributed by atoms with Gasteiger partial charge < -0.3 is 10.3 Å². The number of nitrogens with zero attached hydrogens (tertiary/aromatic N) is 4. The lowest BCUT2D eigenvalue weighted by molar-refractivity contribution is 0.400. The summed E-state index contributed by atoms with van der Waals surface area (Å²) >= 11 is 0. The summed E-state index contributed by atoms with van der Waals surface area (Å²) in [6.07, 6.45) is 5.17. The Morgan fingerprint density at radius 3 is 2.44 bits per heavy atom. The van der Waals surface area contributed by atoms with E-state index in [2.05, 4.69) is 25.3 Å². The second-order valence-electron chi connectivity index (χ2n) is 5.20. The van der Waals surface area contributed by atoms with E-state index in [1.807, 2.05) is 0 Å². The molecule has 7 heteroatoms. The molecule has 0 radical (unpaired) electrons. The van der Waals surface area contributed by atoms with Crippen molar-refractivity contribution in [2.45, 2.75) is 31.6 Å². The minimum atomic E-state index is 0.186. The number of hydrogen-bond donors (Lipinski definition) is 2. The molecule has 2 aromatic heterocycles. The minimum Gasteiger partial charge on any atom is -0.366 e. The molecular weight excluding hydrogens is 232 g/mol. The van der Waals surface area contributed by atoms with Crippen LogP contribution >= 0.6 is 0 Å². The van der Waals surface area contributed by atoms with Gasteiger partial charge in [0, 0.05) is 5.92 Å². The molecule has 2 fully saturated rings. The van der Waals surface area contributed by atoms with Gasteiger partial charge in [0.25, 0.3) is 5.89 Å². The number of nitrogen functional groups attached to an aromatic ring is 1. The summed E-state index contributed by atoms with van der Waals surface area (Å²) in [6.45, 7) is 0. The Morgan fingerprint density at radius 1 is 1.17 bits per heavy atom. The Bertz CT molecular complexity index is 556. The molecule has 18 heavy (non-hydrogen) atoms. The van der Waals surface area contributed by atoms with E-state index < -0.39 is 0 Å². The molecule has 0 amide bonds. The molecule has 4 rings (SSSR count). The zero-order valence-electron chi connectivity index (χ0n) is 9.83. The van der Waals surface area contributed by atoms with Crippen molar-refractivity contribution in [2.75, 3.05) is 5.73 Å². The molecule has 0 spiro atoms. The van der Waals surface area contributed by atoms with Crippen molar-refractivity contribution < 1.29 is 4.52 Å². The molecule has 0 saturated heterocycles. The highest BCUT2D eigenvalue weighted by atomic mass is 16.5. The Morgan fingerprint density at radius 2 is 1.89 bits per heavy atom. The molecule has 0 bridgehead atoms. The number of H-pyrrole nitrogens is 1.